The number of hydrogen-bond acceptors (Lipinski definition) is 3. The summed E-state index contributed by atoms with van der Waals surface area (Å²) in [5, 5.41) is 7.04. The van der Waals surface area contributed by atoms with Gasteiger partial charge in [0.2, 0.25) is 0 Å². The van der Waals surface area contributed by atoms with Gasteiger partial charge in [0.05, 0.1) is 13.2 Å². The monoisotopic (exact) mass is 438 g/mol. The van der Waals surface area contributed by atoms with Crippen molar-refractivity contribution in [1.82, 2.24) is 15.5 Å². The minimum Gasteiger partial charge on any atom is -0.379 e. The van der Waals surface area contributed by atoms with Crippen LogP contribution >= 0.6 is 24.0 Å². The normalized spacial score (nSPS) is 22.0. The van der Waals surface area contributed by atoms with Crippen molar-refractivity contribution in [2.75, 3.05) is 46.4 Å². The van der Waals surface area contributed by atoms with Crippen LogP contribution in [-0.2, 0) is 4.74 Å². The first kappa shape index (κ1) is 21.0. The van der Waals surface area contributed by atoms with Crippen LogP contribution in [0.1, 0.15) is 46.5 Å². The summed E-state index contributed by atoms with van der Waals surface area (Å²) in [6.45, 7) is 12.5. The van der Waals surface area contributed by atoms with Gasteiger partial charge in [0.1, 0.15) is 0 Å². The molecular weight excluding hydrogens is 403 g/mol. The largest absolute Gasteiger partial charge is 0.379 e. The number of guanidine groups is 1. The molecule has 136 valence electrons. The summed E-state index contributed by atoms with van der Waals surface area (Å²) >= 11 is 0. The molecule has 1 saturated carbocycles. The molecule has 1 aliphatic carbocycles. The highest BCUT2D eigenvalue weighted by atomic mass is 127. The van der Waals surface area contributed by atoms with E-state index in [1.165, 1.54) is 25.7 Å². The molecule has 2 rings (SSSR count). The maximum Gasteiger partial charge on any atom is 0.191 e. The number of hydrogen-bond donors (Lipinski definition) is 2. The van der Waals surface area contributed by atoms with Crippen molar-refractivity contribution in [1.29, 1.82) is 0 Å². The molecule has 0 aromatic heterocycles. The Morgan fingerprint density at radius 1 is 1.22 bits per heavy atom. The van der Waals surface area contributed by atoms with E-state index >= 15 is 0 Å². The Morgan fingerprint density at radius 2 is 1.87 bits per heavy atom. The summed E-state index contributed by atoms with van der Waals surface area (Å²) < 4.78 is 5.45. The Labute approximate surface area is 159 Å². The maximum absolute atomic E-state index is 5.45. The fourth-order valence-electron chi connectivity index (χ4n) is 3.40. The van der Waals surface area contributed by atoms with Crippen LogP contribution in [0.4, 0.5) is 0 Å². The quantitative estimate of drug-likeness (QED) is 0.380. The molecule has 1 saturated heterocycles. The molecule has 2 fully saturated rings. The van der Waals surface area contributed by atoms with Gasteiger partial charge in [0, 0.05) is 38.8 Å². The molecule has 0 bridgehead atoms. The van der Waals surface area contributed by atoms with E-state index in [1.54, 1.807) is 0 Å². The molecule has 0 spiro atoms. The third kappa shape index (κ3) is 5.74. The molecule has 0 aromatic rings. The number of ether oxygens (including phenoxy) is 1. The van der Waals surface area contributed by atoms with Crippen LogP contribution in [-0.4, -0.2) is 62.8 Å². The summed E-state index contributed by atoms with van der Waals surface area (Å²) in [5.74, 6) is 0.932. The van der Waals surface area contributed by atoms with E-state index in [9.17, 15) is 0 Å². The van der Waals surface area contributed by atoms with Gasteiger partial charge in [-0.3, -0.25) is 9.89 Å². The molecule has 2 aliphatic rings. The van der Waals surface area contributed by atoms with Crippen molar-refractivity contribution in [3.63, 3.8) is 0 Å². The van der Waals surface area contributed by atoms with E-state index in [2.05, 4.69) is 41.3 Å². The van der Waals surface area contributed by atoms with Crippen LogP contribution in [0.2, 0.25) is 0 Å². The van der Waals surface area contributed by atoms with Crippen LogP contribution in [0.15, 0.2) is 4.99 Å². The number of nitrogens with one attached hydrogen (secondary N) is 2. The average Bonchev–Trinajstić information content (AvgIpc) is 2.50. The lowest BCUT2D eigenvalue weighted by Gasteiger charge is -2.42. The van der Waals surface area contributed by atoms with Crippen LogP contribution in [0.3, 0.4) is 0 Å². The van der Waals surface area contributed by atoms with Crippen LogP contribution in [0.25, 0.3) is 0 Å². The topological polar surface area (TPSA) is 48.9 Å². The first-order valence-corrected chi connectivity index (χ1v) is 8.79. The standard InChI is InChI=1S/C17H34N4O.HI/c1-5-17(7-6-8-17)14-20-15(18-4)19-13-16(2,3)21-9-11-22-12-10-21;/h5-14H2,1-4H3,(H2,18,19,20);1H. The summed E-state index contributed by atoms with van der Waals surface area (Å²) in [4.78, 5) is 6.88. The highest BCUT2D eigenvalue weighted by molar-refractivity contribution is 14.0. The Bertz CT molecular complexity index is 371. The smallest absolute Gasteiger partial charge is 0.191 e. The van der Waals surface area contributed by atoms with Crippen molar-refractivity contribution in [3.8, 4) is 0 Å². The molecule has 6 heteroatoms. The van der Waals surface area contributed by atoms with E-state index < -0.39 is 0 Å². The van der Waals surface area contributed by atoms with Crippen LogP contribution in [0.5, 0.6) is 0 Å². The zero-order valence-corrected chi connectivity index (χ0v) is 17.6. The molecule has 0 radical (unpaired) electrons. The van der Waals surface area contributed by atoms with Crippen LogP contribution in [0, 0.1) is 5.41 Å². The van der Waals surface area contributed by atoms with Gasteiger partial charge in [0.15, 0.2) is 5.96 Å². The van der Waals surface area contributed by atoms with Gasteiger partial charge in [-0.2, -0.15) is 0 Å². The summed E-state index contributed by atoms with van der Waals surface area (Å²) in [5.41, 5.74) is 0.623. The predicted octanol–water partition coefficient (Wildman–Crippen LogP) is 2.46. The van der Waals surface area contributed by atoms with E-state index in [0.29, 0.717) is 5.41 Å². The average molecular weight is 438 g/mol. The molecule has 23 heavy (non-hydrogen) atoms. The number of aliphatic imine (C=N–C) groups is 1. The van der Waals surface area contributed by atoms with Gasteiger partial charge in [-0.05, 0) is 38.5 Å². The number of rotatable bonds is 6. The summed E-state index contributed by atoms with van der Waals surface area (Å²) in [6, 6.07) is 0. The van der Waals surface area contributed by atoms with Gasteiger partial charge >= 0.3 is 0 Å². The summed E-state index contributed by atoms with van der Waals surface area (Å²) in [7, 11) is 1.86. The molecular formula is C17H35IN4O. The second-order valence-corrected chi connectivity index (χ2v) is 7.40. The molecule has 0 unspecified atom stereocenters. The number of nitrogens with zero attached hydrogens (tertiary/aromatic N) is 2. The highest BCUT2D eigenvalue weighted by Crippen LogP contribution is 2.42. The highest BCUT2D eigenvalue weighted by Gasteiger charge is 2.35. The lowest BCUT2D eigenvalue weighted by molar-refractivity contribution is -0.00836. The Morgan fingerprint density at radius 3 is 2.35 bits per heavy atom. The fraction of sp³-hybridized carbons (Fsp3) is 0.941. The minimum atomic E-state index is 0. The SMILES string of the molecule is CCC1(CNC(=NC)NCC(C)(C)N2CCOCC2)CCC1.I. The molecule has 2 N–H and O–H groups in total. The summed E-state index contributed by atoms with van der Waals surface area (Å²) in [6.07, 6.45) is 5.35. The Balaban J connectivity index is 0.00000264. The lowest BCUT2D eigenvalue weighted by atomic mass is 9.67. The van der Waals surface area contributed by atoms with Crippen molar-refractivity contribution in [2.45, 2.75) is 52.0 Å². The minimum absolute atomic E-state index is 0. The zero-order valence-electron chi connectivity index (χ0n) is 15.3. The Kier molecular flexibility index (Phi) is 8.58. The predicted molar refractivity (Wildman–Crippen MR) is 108 cm³/mol. The second-order valence-electron chi connectivity index (χ2n) is 7.40. The van der Waals surface area contributed by atoms with Gasteiger partial charge in [-0.15, -0.1) is 24.0 Å². The fourth-order valence-corrected chi connectivity index (χ4v) is 3.40. The van der Waals surface area contributed by atoms with Gasteiger partial charge in [-0.25, -0.2) is 0 Å². The molecule has 0 atom stereocenters. The van der Waals surface area contributed by atoms with Crippen molar-refractivity contribution < 1.29 is 4.74 Å². The first-order valence-electron chi connectivity index (χ1n) is 8.79. The lowest BCUT2D eigenvalue weighted by Crippen LogP contribution is -2.57. The molecule has 0 aromatic carbocycles. The third-order valence-corrected chi connectivity index (χ3v) is 5.57. The van der Waals surface area contributed by atoms with Gasteiger partial charge in [-0.1, -0.05) is 13.3 Å². The molecule has 0 amide bonds. The van der Waals surface area contributed by atoms with E-state index in [4.69, 9.17) is 4.74 Å². The second kappa shape index (κ2) is 9.42. The maximum atomic E-state index is 5.45. The van der Waals surface area contributed by atoms with E-state index in [0.717, 1.165) is 45.4 Å². The van der Waals surface area contributed by atoms with Crippen molar-refractivity contribution in [3.05, 3.63) is 0 Å². The molecule has 1 heterocycles. The first-order chi connectivity index (χ1) is 10.5. The molecule has 5 nitrogen and oxygen atoms in total. The number of morpholine rings is 1. The zero-order chi connectivity index (χ0) is 16.1. The number of halogens is 1. The third-order valence-electron chi connectivity index (χ3n) is 5.57. The van der Waals surface area contributed by atoms with Crippen LogP contribution < -0.4 is 10.6 Å². The van der Waals surface area contributed by atoms with E-state index in [1.807, 2.05) is 7.05 Å². The van der Waals surface area contributed by atoms with Gasteiger partial charge < -0.3 is 15.4 Å². The van der Waals surface area contributed by atoms with E-state index in [-0.39, 0.29) is 29.5 Å². The molecule has 1 aliphatic heterocycles. The van der Waals surface area contributed by atoms with Crippen molar-refractivity contribution >= 4 is 29.9 Å². The van der Waals surface area contributed by atoms with Crippen molar-refractivity contribution in [2.24, 2.45) is 10.4 Å². The van der Waals surface area contributed by atoms with Gasteiger partial charge in [0.25, 0.3) is 0 Å². The Hall–Kier alpha value is -0.0800.